The number of halogens is 3. The van der Waals surface area contributed by atoms with Crippen molar-refractivity contribution in [3.05, 3.63) is 60.2 Å². The van der Waals surface area contributed by atoms with Crippen molar-refractivity contribution in [3.63, 3.8) is 0 Å². The van der Waals surface area contributed by atoms with E-state index in [1.807, 2.05) is 13.8 Å². The predicted molar refractivity (Wildman–Crippen MR) is 121 cm³/mol. The van der Waals surface area contributed by atoms with Crippen molar-refractivity contribution in [2.75, 3.05) is 13.1 Å². The van der Waals surface area contributed by atoms with Crippen molar-refractivity contribution in [3.8, 4) is 0 Å². The van der Waals surface area contributed by atoms with E-state index in [1.165, 1.54) is 24.5 Å². The average Bonchev–Trinajstić information content (AvgIpc) is 3.53. The van der Waals surface area contributed by atoms with E-state index in [2.05, 4.69) is 9.97 Å². The normalized spacial score (nSPS) is 19.2. The summed E-state index contributed by atoms with van der Waals surface area (Å²) >= 11 is 0. The van der Waals surface area contributed by atoms with Gasteiger partial charge in [0.15, 0.2) is 11.3 Å². The SMILES string of the molecule is CC[C@@H]1CN(C(=O)C(F)(F)F)C[C@H]1c1cnc2cnc3c(ccn3S(=O)(=O)c3ccc(C)cc3)n12. The van der Waals surface area contributed by atoms with Crippen LogP contribution in [0.15, 0.2) is 53.8 Å². The van der Waals surface area contributed by atoms with Gasteiger partial charge in [0.05, 0.1) is 16.6 Å². The molecule has 0 radical (unpaired) electrons. The number of alkyl halides is 3. The van der Waals surface area contributed by atoms with Gasteiger partial charge in [0.25, 0.3) is 10.0 Å². The zero-order chi connectivity index (χ0) is 25.1. The first-order chi connectivity index (χ1) is 16.5. The molecule has 4 aromatic rings. The van der Waals surface area contributed by atoms with Gasteiger partial charge in [-0.15, -0.1) is 0 Å². The minimum absolute atomic E-state index is 0.0101. The van der Waals surface area contributed by atoms with Crippen LogP contribution in [0.3, 0.4) is 0 Å². The monoisotopic (exact) mass is 505 g/mol. The van der Waals surface area contributed by atoms with E-state index in [-0.39, 0.29) is 29.6 Å². The van der Waals surface area contributed by atoms with Gasteiger partial charge >= 0.3 is 12.1 Å². The maximum absolute atomic E-state index is 13.3. The van der Waals surface area contributed by atoms with E-state index in [4.69, 9.17) is 0 Å². The largest absolute Gasteiger partial charge is 0.471 e. The molecule has 0 bridgehead atoms. The molecule has 0 saturated carbocycles. The third kappa shape index (κ3) is 3.76. The Morgan fingerprint density at radius 3 is 2.46 bits per heavy atom. The molecule has 0 unspecified atom stereocenters. The van der Waals surface area contributed by atoms with Crippen molar-refractivity contribution in [2.45, 2.75) is 37.3 Å². The lowest BCUT2D eigenvalue weighted by atomic mass is 9.91. The van der Waals surface area contributed by atoms with Gasteiger partial charge in [-0.1, -0.05) is 31.0 Å². The second-order valence-electron chi connectivity index (χ2n) is 8.76. The highest BCUT2D eigenvalue weighted by molar-refractivity contribution is 7.90. The first-order valence-electron chi connectivity index (χ1n) is 11.0. The summed E-state index contributed by atoms with van der Waals surface area (Å²) in [5.74, 6) is -2.46. The van der Waals surface area contributed by atoms with Crippen LogP contribution >= 0.6 is 0 Å². The molecule has 1 saturated heterocycles. The Kier molecular flexibility index (Phi) is 5.38. The standard InChI is InChI=1S/C23H22F3N5O3S/c1-3-15-12-29(22(32)23(24,25)26)13-17(15)19-10-27-20-11-28-21-18(31(19)20)8-9-30(21)35(33,34)16-6-4-14(2)5-7-16/h4-11,15,17H,3,12-13H2,1-2H3/t15-,17-/m1/s1. The van der Waals surface area contributed by atoms with Crippen LogP contribution in [0.5, 0.6) is 0 Å². The number of aryl methyl sites for hydroxylation is 1. The van der Waals surface area contributed by atoms with E-state index in [9.17, 15) is 26.4 Å². The number of hydrogen-bond donors (Lipinski definition) is 0. The first kappa shape index (κ1) is 23.3. The van der Waals surface area contributed by atoms with Crippen molar-refractivity contribution >= 4 is 32.7 Å². The van der Waals surface area contributed by atoms with E-state index in [0.29, 0.717) is 23.3 Å². The smallest absolute Gasteiger partial charge is 0.334 e. The summed E-state index contributed by atoms with van der Waals surface area (Å²) < 4.78 is 68.6. The van der Waals surface area contributed by atoms with Gasteiger partial charge in [0, 0.05) is 37.1 Å². The van der Waals surface area contributed by atoms with E-state index in [0.717, 1.165) is 14.4 Å². The third-order valence-electron chi connectivity index (χ3n) is 6.62. The maximum atomic E-state index is 13.3. The van der Waals surface area contributed by atoms with Gasteiger partial charge in [-0.05, 0) is 31.0 Å². The van der Waals surface area contributed by atoms with Crippen LogP contribution in [-0.2, 0) is 14.8 Å². The third-order valence-corrected chi connectivity index (χ3v) is 8.30. The molecule has 4 heterocycles. The molecule has 1 aliphatic heterocycles. The van der Waals surface area contributed by atoms with Crippen LogP contribution in [0, 0.1) is 12.8 Å². The van der Waals surface area contributed by atoms with Crippen LogP contribution in [0.1, 0.15) is 30.5 Å². The summed E-state index contributed by atoms with van der Waals surface area (Å²) in [4.78, 5) is 21.5. The highest BCUT2D eigenvalue weighted by atomic mass is 32.2. The topological polar surface area (TPSA) is 89.6 Å². The number of benzene rings is 1. The number of rotatable bonds is 4. The maximum Gasteiger partial charge on any atom is 0.471 e. The van der Waals surface area contributed by atoms with Crippen LogP contribution in [-0.4, -0.2) is 56.8 Å². The Bertz CT molecular complexity index is 1540. The lowest BCUT2D eigenvalue weighted by molar-refractivity contribution is -0.184. The van der Waals surface area contributed by atoms with Gasteiger partial charge < -0.3 is 4.90 Å². The molecule has 0 N–H and O–H groups in total. The molecule has 5 rings (SSSR count). The Morgan fingerprint density at radius 1 is 1.09 bits per heavy atom. The van der Waals surface area contributed by atoms with Gasteiger partial charge in [0.1, 0.15) is 0 Å². The first-order valence-corrected chi connectivity index (χ1v) is 12.5. The van der Waals surface area contributed by atoms with Crippen molar-refractivity contribution in [2.24, 2.45) is 5.92 Å². The Labute approximate surface area is 199 Å². The fraction of sp³-hybridized carbons (Fsp3) is 0.348. The zero-order valence-electron chi connectivity index (χ0n) is 18.9. The fourth-order valence-electron chi connectivity index (χ4n) is 4.79. The molecular weight excluding hydrogens is 483 g/mol. The molecule has 184 valence electrons. The minimum Gasteiger partial charge on any atom is -0.334 e. The summed E-state index contributed by atoms with van der Waals surface area (Å²) in [6.45, 7) is 3.61. The Morgan fingerprint density at radius 2 is 1.80 bits per heavy atom. The van der Waals surface area contributed by atoms with Crippen molar-refractivity contribution in [1.82, 2.24) is 23.2 Å². The van der Waals surface area contributed by atoms with Crippen LogP contribution in [0.25, 0.3) is 16.8 Å². The molecule has 1 aliphatic rings. The number of aromatic nitrogens is 4. The number of fused-ring (bicyclic) bond motifs is 3. The van der Waals surface area contributed by atoms with Gasteiger partial charge in [-0.3, -0.25) is 9.20 Å². The summed E-state index contributed by atoms with van der Waals surface area (Å²) in [7, 11) is -3.93. The molecule has 2 atom stereocenters. The summed E-state index contributed by atoms with van der Waals surface area (Å²) in [5, 5.41) is 0. The molecule has 8 nitrogen and oxygen atoms in total. The van der Waals surface area contributed by atoms with Crippen molar-refractivity contribution < 1.29 is 26.4 Å². The highest BCUT2D eigenvalue weighted by Gasteiger charge is 2.47. The number of carbonyl (C=O) groups excluding carboxylic acids is 1. The average molecular weight is 506 g/mol. The number of carbonyl (C=O) groups is 1. The molecule has 1 amide bonds. The van der Waals surface area contributed by atoms with Crippen LogP contribution in [0.2, 0.25) is 0 Å². The predicted octanol–water partition coefficient (Wildman–Crippen LogP) is 3.74. The summed E-state index contributed by atoms with van der Waals surface area (Å²) in [6.07, 6.45) is 0.0299. The highest BCUT2D eigenvalue weighted by Crippen LogP contribution is 2.37. The van der Waals surface area contributed by atoms with E-state index in [1.54, 1.807) is 28.8 Å². The number of likely N-dealkylation sites (tertiary alicyclic amines) is 1. The van der Waals surface area contributed by atoms with Crippen molar-refractivity contribution in [1.29, 1.82) is 0 Å². The van der Waals surface area contributed by atoms with Crippen LogP contribution in [0.4, 0.5) is 13.2 Å². The number of hydrogen-bond acceptors (Lipinski definition) is 5. The number of imidazole rings is 1. The molecule has 0 aliphatic carbocycles. The summed E-state index contributed by atoms with van der Waals surface area (Å²) in [5.41, 5.74) is 2.60. The molecule has 3 aromatic heterocycles. The number of amides is 1. The molecular formula is C23H22F3N5O3S. The molecule has 0 spiro atoms. The quantitative estimate of drug-likeness (QED) is 0.422. The van der Waals surface area contributed by atoms with E-state index >= 15 is 0 Å². The Balaban J connectivity index is 1.61. The van der Waals surface area contributed by atoms with Gasteiger partial charge in [-0.2, -0.15) is 13.2 Å². The second-order valence-corrected chi connectivity index (χ2v) is 10.6. The van der Waals surface area contributed by atoms with Gasteiger partial charge in [0.2, 0.25) is 0 Å². The fourth-order valence-corrected chi connectivity index (χ4v) is 6.09. The minimum atomic E-state index is -4.94. The zero-order valence-corrected chi connectivity index (χ0v) is 19.7. The molecule has 35 heavy (non-hydrogen) atoms. The Hall–Kier alpha value is -3.41. The molecule has 1 aromatic carbocycles. The van der Waals surface area contributed by atoms with Gasteiger partial charge in [-0.25, -0.2) is 22.4 Å². The summed E-state index contributed by atoms with van der Waals surface area (Å²) in [6, 6.07) is 8.05. The lowest BCUT2D eigenvalue weighted by Gasteiger charge is -2.18. The van der Waals surface area contributed by atoms with E-state index < -0.39 is 28.0 Å². The number of nitrogens with zero attached hydrogens (tertiary/aromatic N) is 5. The lowest BCUT2D eigenvalue weighted by Crippen LogP contribution is -2.39. The molecule has 12 heteroatoms. The molecule has 1 fully saturated rings. The second kappa shape index (κ2) is 8.08. The van der Waals surface area contributed by atoms with Crippen LogP contribution < -0.4 is 0 Å².